The van der Waals surface area contributed by atoms with Crippen LogP contribution in [0.3, 0.4) is 0 Å². The maximum atomic E-state index is 10.3. The molecule has 0 saturated heterocycles. The minimum absolute atomic E-state index is 0.282. The Morgan fingerprint density at radius 2 is 1.94 bits per heavy atom. The highest BCUT2D eigenvalue weighted by Crippen LogP contribution is 2.21. The van der Waals surface area contributed by atoms with Gasteiger partial charge >= 0.3 is 0 Å². The maximum absolute atomic E-state index is 10.3. The number of hydrogen-bond donors (Lipinski definition) is 2. The molecule has 0 amide bonds. The predicted molar refractivity (Wildman–Crippen MR) is 74.3 cm³/mol. The first-order chi connectivity index (χ1) is 8.03. The summed E-state index contributed by atoms with van der Waals surface area (Å²) in [7, 11) is 0. The molecule has 0 saturated carbocycles. The van der Waals surface area contributed by atoms with Crippen LogP contribution < -0.4 is 5.32 Å². The molecular formula is C15H25NO. The fourth-order valence-corrected chi connectivity index (χ4v) is 2.19. The highest BCUT2D eigenvalue weighted by Gasteiger charge is 2.22. The van der Waals surface area contributed by atoms with Crippen LogP contribution in [-0.4, -0.2) is 16.7 Å². The minimum Gasteiger partial charge on any atom is -0.390 e. The van der Waals surface area contributed by atoms with Gasteiger partial charge in [-0.3, -0.25) is 0 Å². The molecule has 0 aliphatic rings. The van der Waals surface area contributed by atoms with Gasteiger partial charge in [-0.2, -0.15) is 0 Å². The van der Waals surface area contributed by atoms with E-state index in [-0.39, 0.29) is 6.04 Å². The topological polar surface area (TPSA) is 32.3 Å². The normalized spacial score (nSPS) is 16.2. The van der Waals surface area contributed by atoms with Crippen molar-refractivity contribution in [1.29, 1.82) is 0 Å². The standard InChI is InChI=1S/C15H25NO/c1-4-5-11-15(3,17)12-13(2)16-14-9-7-6-8-10-14/h6-10,13,16-17H,4-5,11-12H2,1-3H3/t13-,15+/m1/s1. The molecule has 2 N–H and O–H groups in total. The summed E-state index contributed by atoms with van der Waals surface area (Å²) >= 11 is 0. The van der Waals surface area contributed by atoms with Crippen LogP contribution in [0, 0.1) is 0 Å². The average Bonchev–Trinajstić information content (AvgIpc) is 2.27. The molecule has 17 heavy (non-hydrogen) atoms. The Bertz CT molecular complexity index is 308. The monoisotopic (exact) mass is 235 g/mol. The van der Waals surface area contributed by atoms with Crippen molar-refractivity contribution in [3.63, 3.8) is 0 Å². The maximum Gasteiger partial charge on any atom is 0.0639 e. The molecule has 0 aromatic heterocycles. The second-order valence-electron chi connectivity index (χ2n) is 5.22. The lowest BCUT2D eigenvalue weighted by Crippen LogP contribution is -2.32. The third-order valence-corrected chi connectivity index (χ3v) is 3.00. The van der Waals surface area contributed by atoms with Gasteiger partial charge in [0, 0.05) is 11.7 Å². The molecule has 1 rings (SSSR count). The zero-order valence-corrected chi connectivity index (χ0v) is 11.2. The molecule has 0 heterocycles. The molecule has 96 valence electrons. The molecule has 1 aromatic carbocycles. The van der Waals surface area contributed by atoms with E-state index < -0.39 is 5.60 Å². The van der Waals surface area contributed by atoms with Crippen molar-refractivity contribution in [2.75, 3.05) is 5.32 Å². The van der Waals surface area contributed by atoms with Crippen LogP contribution in [0.15, 0.2) is 30.3 Å². The van der Waals surface area contributed by atoms with Crippen LogP contribution in [0.1, 0.15) is 46.5 Å². The number of anilines is 1. The van der Waals surface area contributed by atoms with Crippen molar-refractivity contribution in [1.82, 2.24) is 0 Å². The fourth-order valence-electron chi connectivity index (χ4n) is 2.19. The van der Waals surface area contributed by atoms with Crippen LogP contribution >= 0.6 is 0 Å². The highest BCUT2D eigenvalue weighted by atomic mass is 16.3. The van der Waals surface area contributed by atoms with Crippen molar-refractivity contribution >= 4 is 5.69 Å². The molecule has 0 spiro atoms. The summed E-state index contributed by atoms with van der Waals surface area (Å²) in [6, 6.07) is 10.4. The van der Waals surface area contributed by atoms with Crippen LogP contribution in [0.2, 0.25) is 0 Å². The first-order valence-electron chi connectivity index (χ1n) is 6.57. The number of nitrogens with one attached hydrogen (secondary N) is 1. The van der Waals surface area contributed by atoms with Crippen LogP contribution in [0.25, 0.3) is 0 Å². The Kier molecular flexibility index (Phi) is 5.49. The molecule has 0 aliphatic carbocycles. The predicted octanol–water partition coefficient (Wildman–Crippen LogP) is 3.82. The number of hydrogen-bond acceptors (Lipinski definition) is 2. The summed E-state index contributed by atoms with van der Waals surface area (Å²) in [6.07, 6.45) is 3.88. The van der Waals surface area contributed by atoms with Gasteiger partial charge in [0.05, 0.1) is 5.60 Å². The van der Waals surface area contributed by atoms with Gasteiger partial charge in [-0.25, -0.2) is 0 Å². The number of benzene rings is 1. The van der Waals surface area contributed by atoms with E-state index >= 15 is 0 Å². The van der Waals surface area contributed by atoms with Crippen LogP contribution in [-0.2, 0) is 0 Å². The lowest BCUT2D eigenvalue weighted by atomic mass is 9.92. The Balaban J connectivity index is 2.41. The molecular weight excluding hydrogens is 210 g/mol. The SMILES string of the molecule is CCCC[C@](C)(O)C[C@@H](C)Nc1ccccc1. The molecule has 2 heteroatoms. The fraction of sp³-hybridized carbons (Fsp3) is 0.600. The van der Waals surface area contributed by atoms with E-state index in [1.807, 2.05) is 25.1 Å². The van der Waals surface area contributed by atoms with Gasteiger partial charge in [-0.05, 0) is 38.8 Å². The van der Waals surface area contributed by atoms with Crippen LogP contribution in [0.4, 0.5) is 5.69 Å². The van der Waals surface area contributed by atoms with E-state index in [9.17, 15) is 5.11 Å². The molecule has 2 nitrogen and oxygen atoms in total. The van der Waals surface area contributed by atoms with Crippen molar-refractivity contribution in [3.05, 3.63) is 30.3 Å². The summed E-state index contributed by atoms with van der Waals surface area (Å²) in [5.74, 6) is 0. The van der Waals surface area contributed by atoms with Crippen molar-refractivity contribution in [2.24, 2.45) is 0 Å². The Morgan fingerprint density at radius 1 is 1.29 bits per heavy atom. The molecule has 0 unspecified atom stereocenters. The number of rotatable bonds is 7. The van der Waals surface area contributed by atoms with Gasteiger partial charge < -0.3 is 10.4 Å². The van der Waals surface area contributed by atoms with Gasteiger partial charge in [-0.1, -0.05) is 38.0 Å². The zero-order chi connectivity index (χ0) is 12.7. The summed E-state index contributed by atoms with van der Waals surface area (Å²) < 4.78 is 0. The van der Waals surface area contributed by atoms with Crippen molar-refractivity contribution < 1.29 is 5.11 Å². The Labute approximate surface area is 105 Å². The van der Waals surface area contributed by atoms with E-state index in [4.69, 9.17) is 0 Å². The van der Waals surface area contributed by atoms with Crippen LogP contribution in [0.5, 0.6) is 0 Å². The highest BCUT2D eigenvalue weighted by molar-refractivity contribution is 5.43. The lowest BCUT2D eigenvalue weighted by molar-refractivity contribution is 0.0364. The molecule has 0 aliphatic heterocycles. The third-order valence-electron chi connectivity index (χ3n) is 3.00. The Hall–Kier alpha value is -1.02. The molecule has 0 fully saturated rings. The summed E-state index contributed by atoms with van der Waals surface area (Å²) in [4.78, 5) is 0. The molecule has 0 bridgehead atoms. The van der Waals surface area contributed by atoms with Gasteiger partial charge in [0.25, 0.3) is 0 Å². The first-order valence-corrected chi connectivity index (χ1v) is 6.57. The van der Waals surface area contributed by atoms with Gasteiger partial charge in [0.15, 0.2) is 0 Å². The third kappa shape index (κ3) is 5.73. The minimum atomic E-state index is -0.558. The largest absolute Gasteiger partial charge is 0.390 e. The molecule has 2 atom stereocenters. The number of aliphatic hydroxyl groups is 1. The van der Waals surface area contributed by atoms with Gasteiger partial charge in [0.2, 0.25) is 0 Å². The van der Waals surface area contributed by atoms with Crippen molar-refractivity contribution in [2.45, 2.75) is 58.1 Å². The zero-order valence-electron chi connectivity index (χ0n) is 11.2. The van der Waals surface area contributed by atoms with Gasteiger partial charge in [-0.15, -0.1) is 0 Å². The van der Waals surface area contributed by atoms with E-state index in [1.54, 1.807) is 0 Å². The molecule has 0 radical (unpaired) electrons. The van der Waals surface area contributed by atoms with Crippen molar-refractivity contribution in [3.8, 4) is 0 Å². The van der Waals surface area contributed by atoms with E-state index in [1.165, 1.54) is 0 Å². The molecule has 1 aromatic rings. The summed E-state index contributed by atoms with van der Waals surface area (Å²) in [5, 5.41) is 13.7. The lowest BCUT2D eigenvalue weighted by Gasteiger charge is -2.27. The summed E-state index contributed by atoms with van der Waals surface area (Å²) in [6.45, 7) is 6.21. The second-order valence-corrected chi connectivity index (χ2v) is 5.22. The van der Waals surface area contributed by atoms with Gasteiger partial charge in [0.1, 0.15) is 0 Å². The smallest absolute Gasteiger partial charge is 0.0639 e. The average molecular weight is 235 g/mol. The summed E-state index contributed by atoms with van der Waals surface area (Å²) in [5.41, 5.74) is 0.559. The van der Waals surface area contributed by atoms with E-state index in [2.05, 4.69) is 31.3 Å². The second kappa shape index (κ2) is 6.65. The van der Waals surface area contributed by atoms with E-state index in [0.717, 1.165) is 31.4 Å². The number of para-hydroxylation sites is 1. The van der Waals surface area contributed by atoms with E-state index in [0.29, 0.717) is 0 Å². The number of unbranched alkanes of at least 4 members (excludes halogenated alkanes) is 1. The quantitative estimate of drug-likeness (QED) is 0.753. The first kappa shape index (κ1) is 14.0. The Morgan fingerprint density at radius 3 is 2.53 bits per heavy atom.